The van der Waals surface area contributed by atoms with E-state index in [0.29, 0.717) is 12.4 Å². The van der Waals surface area contributed by atoms with Crippen molar-refractivity contribution in [1.82, 2.24) is 14.7 Å². The van der Waals surface area contributed by atoms with E-state index in [0.717, 1.165) is 13.1 Å². The second-order valence-electron chi connectivity index (χ2n) is 3.62. The molecule has 0 radical (unpaired) electrons. The van der Waals surface area contributed by atoms with Crippen molar-refractivity contribution in [3.05, 3.63) is 16.3 Å². The summed E-state index contributed by atoms with van der Waals surface area (Å²) in [7, 11) is 3.66. The van der Waals surface area contributed by atoms with Crippen LogP contribution in [0.5, 0.6) is 0 Å². The average Bonchev–Trinajstić information content (AvgIpc) is 2.59. The summed E-state index contributed by atoms with van der Waals surface area (Å²) in [5, 5.41) is 17.7. The van der Waals surface area contributed by atoms with Gasteiger partial charge in [0.25, 0.3) is 0 Å². The molecule has 16 heavy (non-hydrogen) atoms. The lowest BCUT2D eigenvalue weighted by Gasteiger charge is -2.13. The smallest absolute Gasteiger partial charge is 0.330 e. The van der Waals surface area contributed by atoms with Gasteiger partial charge in [-0.3, -0.25) is 14.8 Å². The maximum absolute atomic E-state index is 10.7. The van der Waals surface area contributed by atoms with E-state index in [-0.39, 0.29) is 5.69 Å². The standard InChI is InChI=1S/C9H17N5O2/c1-4-12(2)6-5-10-9-8(14(15)16)7-13(3)11-9/h7H,4-6H2,1-3H3,(H,10,11). The minimum absolute atomic E-state index is 0.0154. The molecule has 0 aliphatic heterocycles. The third-order valence-corrected chi connectivity index (χ3v) is 2.33. The van der Waals surface area contributed by atoms with E-state index in [1.807, 2.05) is 7.05 Å². The fourth-order valence-electron chi connectivity index (χ4n) is 1.26. The van der Waals surface area contributed by atoms with E-state index in [1.165, 1.54) is 10.9 Å². The summed E-state index contributed by atoms with van der Waals surface area (Å²) >= 11 is 0. The van der Waals surface area contributed by atoms with Gasteiger partial charge in [0.05, 0.1) is 4.92 Å². The lowest BCUT2D eigenvalue weighted by atomic mass is 10.4. The molecule has 1 aromatic heterocycles. The Kier molecular flexibility index (Phi) is 4.24. The van der Waals surface area contributed by atoms with Gasteiger partial charge in [0, 0.05) is 20.1 Å². The van der Waals surface area contributed by atoms with Crippen LogP contribution in [0, 0.1) is 10.1 Å². The van der Waals surface area contributed by atoms with Crippen molar-refractivity contribution in [3.8, 4) is 0 Å². The minimum atomic E-state index is -0.432. The minimum Gasteiger partial charge on any atom is -0.362 e. The quantitative estimate of drug-likeness (QED) is 0.571. The number of anilines is 1. The number of aromatic nitrogens is 2. The van der Waals surface area contributed by atoms with Crippen LogP contribution >= 0.6 is 0 Å². The predicted octanol–water partition coefficient (Wildman–Crippen LogP) is 0.692. The molecule has 1 N–H and O–H groups in total. The van der Waals surface area contributed by atoms with E-state index in [4.69, 9.17) is 0 Å². The van der Waals surface area contributed by atoms with Gasteiger partial charge in [-0.1, -0.05) is 6.92 Å². The molecule has 90 valence electrons. The maximum atomic E-state index is 10.7. The first-order valence-electron chi connectivity index (χ1n) is 5.15. The summed E-state index contributed by atoms with van der Waals surface area (Å²) in [6.45, 7) is 4.47. The Labute approximate surface area is 94.2 Å². The summed E-state index contributed by atoms with van der Waals surface area (Å²) in [4.78, 5) is 12.4. The first-order chi connectivity index (χ1) is 7.54. The number of rotatable bonds is 6. The van der Waals surface area contributed by atoms with E-state index in [2.05, 4.69) is 22.2 Å². The third-order valence-electron chi connectivity index (χ3n) is 2.33. The number of nitrogens with zero attached hydrogens (tertiary/aromatic N) is 4. The van der Waals surface area contributed by atoms with Crippen LogP contribution in [0.1, 0.15) is 6.92 Å². The topological polar surface area (TPSA) is 76.2 Å². The molecule has 1 heterocycles. The Balaban J connectivity index is 2.56. The summed E-state index contributed by atoms with van der Waals surface area (Å²) in [5.41, 5.74) is 0.0154. The fraction of sp³-hybridized carbons (Fsp3) is 0.667. The summed E-state index contributed by atoms with van der Waals surface area (Å²) in [5.74, 6) is 0.331. The molecule has 0 aliphatic rings. The van der Waals surface area contributed by atoms with Crippen molar-refractivity contribution in [2.24, 2.45) is 7.05 Å². The number of nitrogens with one attached hydrogen (secondary N) is 1. The monoisotopic (exact) mass is 227 g/mol. The van der Waals surface area contributed by atoms with Crippen LogP contribution in [0.3, 0.4) is 0 Å². The number of hydrogen-bond donors (Lipinski definition) is 1. The van der Waals surface area contributed by atoms with Gasteiger partial charge in [-0.15, -0.1) is 5.10 Å². The van der Waals surface area contributed by atoms with Gasteiger partial charge < -0.3 is 10.2 Å². The number of likely N-dealkylation sites (N-methyl/N-ethyl adjacent to an activating group) is 1. The van der Waals surface area contributed by atoms with Gasteiger partial charge in [0.1, 0.15) is 6.20 Å². The first kappa shape index (κ1) is 12.4. The molecule has 0 aliphatic carbocycles. The van der Waals surface area contributed by atoms with Crippen molar-refractivity contribution in [2.75, 3.05) is 32.0 Å². The van der Waals surface area contributed by atoms with Crippen LogP contribution in [0.4, 0.5) is 11.5 Å². The zero-order valence-electron chi connectivity index (χ0n) is 9.80. The molecule has 0 fully saturated rings. The Morgan fingerprint density at radius 3 is 2.94 bits per heavy atom. The van der Waals surface area contributed by atoms with Crippen molar-refractivity contribution < 1.29 is 4.92 Å². The van der Waals surface area contributed by atoms with Crippen molar-refractivity contribution in [2.45, 2.75) is 6.92 Å². The first-order valence-corrected chi connectivity index (χ1v) is 5.15. The Hall–Kier alpha value is -1.63. The molecule has 0 saturated heterocycles. The average molecular weight is 227 g/mol. The summed E-state index contributed by atoms with van der Waals surface area (Å²) < 4.78 is 1.43. The SMILES string of the molecule is CCN(C)CCNc1nn(C)cc1[N+](=O)[O-]. The molecular formula is C9H17N5O2. The van der Waals surface area contributed by atoms with E-state index in [1.54, 1.807) is 7.05 Å². The molecule has 0 bridgehead atoms. The Morgan fingerprint density at radius 2 is 2.38 bits per heavy atom. The normalized spacial score (nSPS) is 10.8. The maximum Gasteiger partial charge on any atom is 0.330 e. The zero-order valence-corrected chi connectivity index (χ0v) is 9.80. The van der Waals surface area contributed by atoms with Crippen molar-refractivity contribution in [1.29, 1.82) is 0 Å². The molecule has 0 atom stereocenters. The fourth-order valence-corrected chi connectivity index (χ4v) is 1.26. The van der Waals surface area contributed by atoms with Crippen LogP contribution in [0.2, 0.25) is 0 Å². The zero-order chi connectivity index (χ0) is 12.1. The van der Waals surface area contributed by atoms with Crippen LogP contribution in [-0.2, 0) is 7.05 Å². The lowest BCUT2D eigenvalue weighted by molar-refractivity contribution is -0.384. The highest BCUT2D eigenvalue weighted by atomic mass is 16.6. The summed E-state index contributed by atoms with van der Waals surface area (Å²) in [6, 6.07) is 0. The number of aryl methyl sites for hydroxylation is 1. The molecule has 0 amide bonds. The molecule has 0 unspecified atom stereocenters. The number of hydrogen-bond acceptors (Lipinski definition) is 5. The van der Waals surface area contributed by atoms with E-state index < -0.39 is 4.92 Å². The second kappa shape index (κ2) is 5.45. The van der Waals surface area contributed by atoms with Gasteiger partial charge in [-0.05, 0) is 13.6 Å². The van der Waals surface area contributed by atoms with Crippen LogP contribution in [0.25, 0.3) is 0 Å². The van der Waals surface area contributed by atoms with Gasteiger partial charge in [0.2, 0.25) is 5.82 Å². The molecule has 1 aromatic rings. The van der Waals surface area contributed by atoms with Gasteiger partial charge in [-0.25, -0.2) is 0 Å². The Morgan fingerprint density at radius 1 is 1.69 bits per heavy atom. The Bertz CT molecular complexity index is 363. The van der Waals surface area contributed by atoms with Crippen LogP contribution in [-0.4, -0.2) is 46.3 Å². The van der Waals surface area contributed by atoms with Crippen LogP contribution in [0.15, 0.2) is 6.20 Å². The predicted molar refractivity (Wildman–Crippen MR) is 61.5 cm³/mol. The molecular weight excluding hydrogens is 210 g/mol. The third kappa shape index (κ3) is 3.20. The molecule has 7 heteroatoms. The molecule has 7 nitrogen and oxygen atoms in total. The van der Waals surface area contributed by atoms with Gasteiger partial charge >= 0.3 is 5.69 Å². The highest BCUT2D eigenvalue weighted by molar-refractivity contribution is 5.54. The molecule has 0 aromatic carbocycles. The van der Waals surface area contributed by atoms with Crippen LogP contribution < -0.4 is 5.32 Å². The summed E-state index contributed by atoms with van der Waals surface area (Å²) in [6.07, 6.45) is 1.39. The van der Waals surface area contributed by atoms with E-state index >= 15 is 0 Å². The van der Waals surface area contributed by atoms with Gasteiger partial charge in [-0.2, -0.15) is 0 Å². The number of nitro groups is 1. The molecule has 1 rings (SSSR count). The highest BCUT2D eigenvalue weighted by Crippen LogP contribution is 2.20. The van der Waals surface area contributed by atoms with Gasteiger partial charge in [0.15, 0.2) is 0 Å². The van der Waals surface area contributed by atoms with E-state index in [9.17, 15) is 10.1 Å². The van der Waals surface area contributed by atoms with Crippen molar-refractivity contribution in [3.63, 3.8) is 0 Å². The molecule has 0 spiro atoms. The highest BCUT2D eigenvalue weighted by Gasteiger charge is 2.17. The largest absolute Gasteiger partial charge is 0.362 e. The molecule has 0 saturated carbocycles. The second-order valence-corrected chi connectivity index (χ2v) is 3.62. The van der Waals surface area contributed by atoms with Crippen molar-refractivity contribution >= 4 is 11.5 Å². The lowest BCUT2D eigenvalue weighted by Crippen LogP contribution is -2.25.